The van der Waals surface area contributed by atoms with E-state index in [9.17, 15) is 0 Å². The molecule has 0 amide bonds. The SMILES string of the molecule is CCc1cc(/C=C/C#N)ccn1. The number of allylic oxidation sites excluding steroid dienone is 1. The molecule has 1 heterocycles. The van der Waals surface area contributed by atoms with Gasteiger partial charge in [-0.1, -0.05) is 6.92 Å². The van der Waals surface area contributed by atoms with Crippen LogP contribution in [0.25, 0.3) is 6.08 Å². The second kappa shape index (κ2) is 4.30. The number of hydrogen-bond donors (Lipinski definition) is 0. The number of nitrogens with zero attached hydrogens (tertiary/aromatic N) is 2. The van der Waals surface area contributed by atoms with Gasteiger partial charge < -0.3 is 0 Å². The number of nitriles is 1. The first-order valence-corrected chi connectivity index (χ1v) is 3.88. The predicted molar refractivity (Wildman–Crippen MR) is 48.3 cm³/mol. The molecule has 1 aromatic heterocycles. The van der Waals surface area contributed by atoms with Crippen LogP contribution in [0.4, 0.5) is 0 Å². The first-order valence-electron chi connectivity index (χ1n) is 3.88. The first-order chi connectivity index (χ1) is 5.86. The summed E-state index contributed by atoms with van der Waals surface area (Å²) >= 11 is 0. The zero-order valence-corrected chi connectivity index (χ0v) is 6.99. The third-order valence-electron chi connectivity index (χ3n) is 1.55. The van der Waals surface area contributed by atoms with E-state index in [0.29, 0.717) is 0 Å². The molecule has 0 unspecified atom stereocenters. The quantitative estimate of drug-likeness (QED) is 0.618. The second-order valence-electron chi connectivity index (χ2n) is 2.40. The van der Waals surface area contributed by atoms with E-state index in [1.165, 1.54) is 6.08 Å². The Kier molecular flexibility index (Phi) is 3.04. The highest BCUT2D eigenvalue weighted by atomic mass is 14.7. The molecule has 0 fully saturated rings. The molecule has 2 heteroatoms. The van der Waals surface area contributed by atoms with E-state index in [1.807, 2.05) is 18.2 Å². The van der Waals surface area contributed by atoms with Crippen molar-refractivity contribution in [3.8, 4) is 6.07 Å². The van der Waals surface area contributed by atoms with Crippen LogP contribution in [0.15, 0.2) is 24.4 Å². The lowest BCUT2D eigenvalue weighted by atomic mass is 10.2. The zero-order chi connectivity index (χ0) is 8.81. The fraction of sp³-hybridized carbons (Fsp3) is 0.200. The molecule has 0 aliphatic heterocycles. The Morgan fingerprint density at radius 2 is 2.50 bits per heavy atom. The van der Waals surface area contributed by atoms with Gasteiger partial charge in [0.05, 0.1) is 6.07 Å². The number of aryl methyl sites for hydroxylation is 1. The standard InChI is InChI=1S/C10H10N2/c1-2-10-8-9(4-3-6-11)5-7-12-10/h3-5,7-8H,2H2,1H3/b4-3+. The van der Waals surface area contributed by atoms with E-state index >= 15 is 0 Å². The molecule has 0 atom stereocenters. The van der Waals surface area contributed by atoms with Crippen LogP contribution in [0.2, 0.25) is 0 Å². The summed E-state index contributed by atoms with van der Waals surface area (Å²) in [6.07, 6.45) is 5.93. The van der Waals surface area contributed by atoms with E-state index in [0.717, 1.165) is 17.7 Å². The van der Waals surface area contributed by atoms with Crippen molar-refractivity contribution < 1.29 is 0 Å². The molecule has 0 aliphatic carbocycles. The van der Waals surface area contributed by atoms with Gasteiger partial charge >= 0.3 is 0 Å². The van der Waals surface area contributed by atoms with Gasteiger partial charge in [-0.3, -0.25) is 4.98 Å². The lowest BCUT2D eigenvalue weighted by molar-refractivity contribution is 1.03. The van der Waals surface area contributed by atoms with Crippen LogP contribution in [0.5, 0.6) is 0 Å². The third kappa shape index (κ3) is 2.21. The van der Waals surface area contributed by atoms with Crippen LogP contribution in [-0.4, -0.2) is 4.98 Å². The maximum atomic E-state index is 8.30. The smallest absolute Gasteiger partial charge is 0.0912 e. The van der Waals surface area contributed by atoms with Crippen LogP contribution < -0.4 is 0 Å². The molecule has 0 spiro atoms. The van der Waals surface area contributed by atoms with E-state index in [4.69, 9.17) is 5.26 Å². The fourth-order valence-electron chi connectivity index (χ4n) is 0.927. The summed E-state index contributed by atoms with van der Waals surface area (Å²) < 4.78 is 0. The monoisotopic (exact) mass is 158 g/mol. The summed E-state index contributed by atoms with van der Waals surface area (Å²) in [5.41, 5.74) is 2.08. The van der Waals surface area contributed by atoms with E-state index in [1.54, 1.807) is 12.3 Å². The minimum atomic E-state index is 0.925. The highest BCUT2D eigenvalue weighted by molar-refractivity contribution is 5.51. The van der Waals surface area contributed by atoms with Gasteiger partial charge in [-0.05, 0) is 30.2 Å². The van der Waals surface area contributed by atoms with Crippen LogP contribution in [0.3, 0.4) is 0 Å². The lowest BCUT2D eigenvalue weighted by Gasteiger charge is -1.95. The average Bonchev–Trinajstić information content (AvgIpc) is 2.15. The van der Waals surface area contributed by atoms with Crippen molar-refractivity contribution in [2.75, 3.05) is 0 Å². The van der Waals surface area contributed by atoms with Crippen molar-refractivity contribution >= 4 is 6.08 Å². The summed E-state index contributed by atoms with van der Waals surface area (Å²) in [4.78, 5) is 4.15. The molecule has 0 aromatic carbocycles. The molecule has 1 aromatic rings. The minimum Gasteiger partial charge on any atom is -0.261 e. The molecular formula is C10H10N2. The summed E-state index contributed by atoms with van der Waals surface area (Å²) in [7, 11) is 0. The second-order valence-corrected chi connectivity index (χ2v) is 2.40. The van der Waals surface area contributed by atoms with Gasteiger partial charge in [-0.25, -0.2) is 0 Å². The molecule has 0 N–H and O–H groups in total. The third-order valence-corrected chi connectivity index (χ3v) is 1.55. The van der Waals surface area contributed by atoms with Crippen LogP contribution in [-0.2, 0) is 6.42 Å². The Hall–Kier alpha value is -1.62. The molecular weight excluding hydrogens is 148 g/mol. The molecule has 0 radical (unpaired) electrons. The summed E-state index contributed by atoms with van der Waals surface area (Å²) in [5.74, 6) is 0. The molecule has 0 bridgehead atoms. The minimum absolute atomic E-state index is 0.925. The summed E-state index contributed by atoms with van der Waals surface area (Å²) in [5, 5.41) is 8.30. The number of aromatic nitrogens is 1. The molecule has 0 saturated heterocycles. The van der Waals surface area contributed by atoms with E-state index < -0.39 is 0 Å². The zero-order valence-electron chi connectivity index (χ0n) is 6.99. The Balaban J connectivity index is 2.88. The maximum absolute atomic E-state index is 8.30. The van der Waals surface area contributed by atoms with Crippen molar-refractivity contribution in [1.82, 2.24) is 4.98 Å². The molecule has 1 rings (SSSR count). The van der Waals surface area contributed by atoms with Gasteiger partial charge in [0, 0.05) is 18.0 Å². The largest absolute Gasteiger partial charge is 0.261 e. The highest BCUT2D eigenvalue weighted by Crippen LogP contribution is 2.03. The molecule has 0 saturated carbocycles. The topological polar surface area (TPSA) is 36.7 Å². The molecule has 0 aliphatic rings. The van der Waals surface area contributed by atoms with Crippen molar-refractivity contribution in [1.29, 1.82) is 5.26 Å². The van der Waals surface area contributed by atoms with Crippen LogP contribution in [0.1, 0.15) is 18.2 Å². The van der Waals surface area contributed by atoms with Gasteiger partial charge in [-0.2, -0.15) is 5.26 Å². The van der Waals surface area contributed by atoms with Gasteiger partial charge in [-0.15, -0.1) is 0 Å². The number of hydrogen-bond acceptors (Lipinski definition) is 2. The van der Waals surface area contributed by atoms with Crippen molar-refractivity contribution in [2.45, 2.75) is 13.3 Å². The molecule has 2 nitrogen and oxygen atoms in total. The fourth-order valence-corrected chi connectivity index (χ4v) is 0.927. The summed E-state index contributed by atoms with van der Waals surface area (Å²) in [6.45, 7) is 2.06. The maximum Gasteiger partial charge on any atom is 0.0912 e. The van der Waals surface area contributed by atoms with Crippen molar-refractivity contribution in [3.05, 3.63) is 35.7 Å². The number of pyridine rings is 1. The van der Waals surface area contributed by atoms with Gasteiger partial charge in [0.2, 0.25) is 0 Å². The number of rotatable bonds is 2. The Morgan fingerprint density at radius 1 is 1.67 bits per heavy atom. The predicted octanol–water partition coefficient (Wildman–Crippen LogP) is 2.18. The van der Waals surface area contributed by atoms with E-state index in [2.05, 4.69) is 11.9 Å². The van der Waals surface area contributed by atoms with Gasteiger partial charge in [0.15, 0.2) is 0 Å². The van der Waals surface area contributed by atoms with Gasteiger partial charge in [0.25, 0.3) is 0 Å². The Labute approximate surface area is 72.2 Å². The van der Waals surface area contributed by atoms with Gasteiger partial charge in [0.1, 0.15) is 0 Å². The first kappa shape index (κ1) is 8.48. The highest BCUT2D eigenvalue weighted by Gasteiger charge is 1.90. The molecule has 60 valence electrons. The van der Waals surface area contributed by atoms with Crippen LogP contribution >= 0.6 is 0 Å². The average molecular weight is 158 g/mol. The normalized spacial score (nSPS) is 10.0. The van der Waals surface area contributed by atoms with E-state index in [-0.39, 0.29) is 0 Å². The van der Waals surface area contributed by atoms with Crippen molar-refractivity contribution in [3.63, 3.8) is 0 Å². The van der Waals surface area contributed by atoms with Crippen molar-refractivity contribution in [2.24, 2.45) is 0 Å². The summed E-state index contributed by atoms with van der Waals surface area (Å²) in [6, 6.07) is 5.81. The van der Waals surface area contributed by atoms with Crippen LogP contribution in [0, 0.1) is 11.3 Å². The Morgan fingerprint density at radius 3 is 3.17 bits per heavy atom. The Bertz CT molecular complexity index is 321. The lowest BCUT2D eigenvalue weighted by Crippen LogP contribution is -1.85. The molecule has 12 heavy (non-hydrogen) atoms.